The van der Waals surface area contributed by atoms with Crippen LogP contribution in [0.15, 0.2) is 6.73 Å². The third-order valence-corrected chi connectivity index (χ3v) is 9.65. The van der Waals surface area contributed by atoms with Crippen molar-refractivity contribution in [1.29, 1.82) is 0 Å². The van der Waals surface area contributed by atoms with Crippen LogP contribution < -0.4 is 0 Å². The first-order valence-corrected chi connectivity index (χ1v) is 9.54. The molecule has 13 heavy (non-hydrogen) atoms. The minimum absolute atomic E-state index is 0.796. The molecule has 0 aliphatic carbocycles. The van der Waals surface area contributed by atoms with Crippen LogP contribution in [0.1, 0.15) is 26.7 Å². The summed E-state index contributed by atoms with van der Waals surface area (Å²) in [7, 11) is 0. The Balaban J connectivity index is 4.77. The van der Waals surface area contributed by atoms with E-state index in [4.69, 9.17) is 11.1 Å². The van der Waals surface area contributed by atoms with Gasteiger partial charge in [-0.05, 0) is 0 Å². The van der Waals surface area contributed by atoms with Gasteiger partial charge in [0.15, 0.2) is 0 Å². The summed E-state index contributed by atoms with van der Waals surface area (Å²) in [5, 5.41) is 0. The van der Waals surface area contributed by atoms with E-state index >= 15 is 0 Å². The number of hydrogen-bond acceptors (Lipinski definition) is 2. The third kappa shape index (κ3) is 4.25. The molecule has 0 aromatic carbocycles. The molecule has 0 saturated heterocycles. The van der Waals surface area contributed by atoms with Gasteiger partial charge < -0.3 is 0 Å². The Morgan fingerprint density at radius 1 is 1.00 bits per heavy atom. The van der Waals surface area contributed by atoms with Crippen LogP contribution in [-0.2, 0) is 0 Å². The summed E-state index contributed by atoms with van der Waals surface area (Å²) in [6, 6.07) is 0. The molecule has 0 aromatic heterocycles. The maximum absolute atomic E-state index is 8.40. The van der Waals surface area contributed by atoms with Gasteiger partial charge in [-0.15, -0.1) is 0 Å². The van der Waals surface area contributed by atoms with E-state index in [0.29, 0.717) is 0 Å². The van der Waals surface area contributed by atoms with E-state index in [1.54, 1.807) is 0 Å². The normalized spacial score (nSPS) is 11.2. The quantitative estimate of drug-likeness (QED) is 0.308. The third-order valence-electron chi connectivity index (χ3n) is 1.44. The molecular formula is C6H14N6Te. The molecule has 0 spiro atoms. The SMILES string of the molecule is CCC[Te](CCC)(N=[N+]=[N-])N=[N+]=[N-]. The summed E-state index contributed by atoms with van der Waals surface area (Å²) >= 11 is -2.93. The molecule has 0 radical (unpaired) electrons. The molecule has 0 heterocycles. The van der Waals surface area contributed by atoms with Crippen LogP contribution in [0.25, 0.3) is 20.9 Å². The Morgan fingerprint density at radius 2 is 1.38 bits per heavy atom. The zero-order valence-corrected chi connectivity index (χ0v) is 10.3. The van der Waals surface area contributed by atoms with E-state index in [0.717, 1.165) is 21.8 Å². The summed E-state index contributed by atoms with van der Waals surface area (Å²) in [5.41, 5.74) is 16.8. The Kier molecular flexibility index (Phi) is 6.56. The van der Waals surface area contributed by atoms with Crippen molar-refractivity contribution in [2.45, 2.75) is 35.6 Å². The maximum atomic E-state index is 8.40. The molecule has 0 aliphatic heterocycles. The number of rotatable bonds is 6. The molecule has 0 aliphatic rings. The molecule has 0 aromatic rings. The van der Waals surface area contributed by atoms with Gasteiger partial charge in [-0.3, -0.25) is 0 Å². The molecule has 74 valence electrons. The molecule has 6 nitrogen and oxygen atoms in total. The Hall–Kier alpha value is -0.590. The monoisotopic (exact) mass is 300 g/mol. The number of hydrogen-bond donors (Lipinski definition) is 0. The van der Waals surface area contributed by atoms with Crippen molar-refractivity contribution in [3.05, 3.63) is 20.9 Å². The van der Waals surface area contributed by atoms with Crippen LogP contribution in [0.3, 0.4) is 0 Å². The van der Waals surface area contributed by atoms with Crippen molar-refractivity contribution in [1.82, 2.24) is 0 Å². The average molecular weight is 298 g/mol. The van der Waals surface area contributed by atoms with Crippen molar-refractivity contribution >= 4 is 18.7 Å². The number of azide groups is 1. The molecule has 0 unspecified atom stereocenters. The van der Waals surface area contributed by atoms with Crippen LogP contribution in [0.2, 0.25) is 8.94 Å². The molecule has 0 rings (SSSR count). The minimum atomic E-state index is -2.93. The molecule has 7 heteroatoms. The molecule has 0 fully saturated rings. The van der Waals surface area contributed by atoms with Gasteiger partial charge in [0.25, 0.3) is 0 Å². The van der Waals surface area contributed by atoms with Gasteiger partial charge in [-0.25, -0.2) is 0 Å². The second-order valence-corrected chi connectivity index (χ2v) is 10.4. The van der Waals surface area contributed by atoms with Crippen molar-refractivity contribution in [3.8, 4) is 0 Å². The van der Waals surface area contributed by atoms with Crippen LogP contribution in [0.4, 0.5) is 0 Å². The van der Waals surface area contributed by atoms with E-state index in [-0.39, 0.29) is 0 Å². The zero-order chi connectivity index (χ0) is 10.2. The van der Waals surface area contributed by atoms with Crippen molar-refractivity contribution in [2.24, 2.45) is 6.73 Å². The van der Waals surface area contributed by atoms with Gasteiger partial charge in [-0.1, -0.05) is 0 Å². The van der Waals surface area contributed by atoms with Crippen molar-refractivity contribution < 1.29 is 0 Å². The van der Waals surface area contributed by atoms with E-state index in [1.807, 2.05) is 13.8 Å². The molecular weight excluding hydrogens is 284 g/mol. The molecule has 0 bridgehead atoms. The van der Waals surface area contributed by atoms with E-state index < -0.39 is 18.7 Å². The predicted octanol–water partition coefficient (Wildman–Crippen LogP) is 3.87. The van der Waals surface area contributed by atoms with Gasteiger partial charge in [0, 0.05) is 0 Å². The second-order valence-electron chi connectivity index (χ2n) is 2.55. The van der Waals surface area contributed by atoms with Gasteiger partial charge in [-0.2, -0.15) is 0 Å². The predicted molar refractivity (Wildman–Crippen MR) is 54.2 cm³/mol. The van der Waals surface area contributed by atoms with Gasteiger partial charge in [0.1, 0.15) is 0 Å². The summed E-state index contributed by atoms with van der Waals surface area (Å²) in [5.74, 6) is 0. The zero-order valence-electron chi connectivity index (χ0n) is 7.92. The fourth-order valence-electron chi connectivity index (χ4n) is 1.07. The number of nitrogens with zero attached hydrogens (tertiary/aromatic N) is 6. The van der Waals surface area contributed by atoms with Gasteiger partial charge in [0.05, 0.1) is 0 Å². The van der Waals surface area contributed by atoms with E-state index in [1.165, 1.54) is 0 Å². The second kappa shape index (κ2) is 6.88. The van der Waals surface area contributed by atoms with Gasteiger partial charge in [0.2, 0.25) is 0 Å². The standard InChI is InChI=1S/C6H14N6Te/c1-3-5-13(6-4-2,11-9-7)12-10-8/h3-6H2,1-2H3. The van der Waals surface area contributed by atoms with Crippen LogP contribution in [0, 0.1) is 0 Å². The summed E-state index contributed by atoms with van der Waals surface area (Å²) in [6.07, 6.45) is 1.83. The average Bonchev–Trinajstić information content (AvgIpc) is 2.06. The van der Waals surface area contributed by atoms with Crippen molar-refractivity contribution in [3.63, 3.8) is 0 Å². The molecule has 0 N–H and O–H groups in total. The van der Waals surface area contributed by atoms with E-state index in [2.05, 4.69) is 16.6 Å². The van der Waals surface area contributed by atoms with Crippen LogP contribution in [0.5, 0.6) is 0 Å². The Bertz CT molecular complexity index is 214. The molecule has 0 amide bonds. The Labute approximate surface area is 82.1 Å². The fourth-order valence-corrected chi connectivity index (χ4v) is 7.19. The first kappa shape index (κ1) is 12.4. The summed E-state index contributed by atoms with van der Waals surface area (Å²) in [6.45, 7) is 4.02. The molecule has 0 saturated carbocycles. The first-order chi connectivity index (χ1) is 6.24. The van der Waals surface area contributed by atoms with Crippen LogP contribution in [-0.4, -0.2) is 18.7 Å². The first-order valence-electron chi connectivity index (χ1n) is 4.16. The van der Waals surface area contributed by atoms with Crippen LogP contribution >= 0.6 is 0 Å². The van der Waals surface area contributed by atoms with Gasteiger partial charge >= 0.3 is 82.0 Å². The summed E-state index contributed by atoms with van der Waals surface area (Å²) < 4.78 is 9.14. The Morgan fingerprint density at radius 3 is 1.62 bits per heavy atom. The topological polar surface area (TPSA) is 97.5 Å². The molecule has 0 atom stereocenters. The fraction of sp³-hybridized carbons (Fsp3) is 1.00. The summed E-state index contributed by atoms with van der Waals surface area (Å²) in [4.78, 5) is 5.62. The van der Waals surface area contributed by atoms with E-state index in [9.17, 15) is 0 Å². The van der Waals surface area contributed by atoms with Crippen molar-refractivity contribution in [2.75, 3.05) is 0 Å².